The van der Waals surface area contributed by atoms with Crippen molar-refractivity contribution in [2.45, 2.75) is 18.4 Å². The number of benzene rings is 2. The Hall–Kier alpha value is -3.72. The third kappa shape index (κ3) is 3.99. The van der Waals surface area contributed by atoms with E-state index < -0.39 is 20.8 Å². The highest BCUT2D eigenvalue weighted by Gasteiger charge is 2.38. The lowest BCUT2D eigenvalue weighted by Gasteiger charge is -2.26. The normalized spacial score (nSPS) is 14.4. The monoisotopic (exact) mass is 436 g/mol. The van der Waals surface area contributed by atoms with Crippen molar-refractivity contribution in [3.05, 3.63) is 78.0 Å². The molecule has 1 amide bonds. The summed E-state index contributed by atoms with van der Waals surface area (Å²) in [5, 5.41) is 7.61. The maximum absolute atomic E-state index is 13.1. The summed E-state index contributed by atoms with van der Waals surface area (Å²) in [4.78, 5) is 17.0. The Balaban J connectivity index is 1.69. The van der Waals surface area contributed by atoms with Gasteiger partial charge in [-0.1, -0.05) is 29.8 Å². The molecular weight excluding hydrogens is 416 g/mol. The van der Waals surface area contributed by atoms with Gasteiger partial charge in [-0.05, 0) is 48.9 Å². The molecular formula is C22H20N4O4S. The van der Waals surface area contributed by atoms with Gasteiger partial charge in [-0.25, -0.2) is 18.4 Å². The summed E-state index contributed by atoms with van der Waals surface area (Å²) < 4.78 is 31.4. The van der Waals surface area contributed by atoms with E-state index in [4.69, 9.17) is 4.74 Å². The first kappa shape index (κ1) is 20.5. The zero-order valence-electron chi connectivity index (χ0n) is 16.9. The van der Waals surface area contributed by atoms with Crippen LogP contribution in [0, 0.1) is 6.92 Å². The van der Waals surface area contributed by atoms with Crippen molar-refractivity contribution < 1.29 is 17.9 Å². The number of methoxy groups -OCH3 is 1. The highest BCUT2D eigenvalue weighted by atomic mass is 32.2. The predicted octanol–water partition coefficient (Wildman–Crippen LogP) is 2.95. The molecule has 0 bridgehead atoms. The predicted molar refractivity (Wildman–Crippen MR) is 117 cm³/mol. The van der Waals surface area contributed by atoms with Gasteiger partial charge >= 0.3 is 0 Å². The number of ether oxygens (including phenoxy) is 1. The first-order valence-corrected chi connectivity index (χ1v) is 10.9. The standard InChI is InChI=1S/C22H20N4O4S/c1-15-8-10-17(11-9-15)26-20-19(7-4-12-23-20)31(28,29)22(25-26)21(27)24-14-16-5-3-6-18(13-16)30-2/h3-13H,14H2,1-2H3,(H,24,27). The van der Waals surface area contributed by atoms with Crippen LogP contribution in [0.2, 0.25) is 0 Å². The third-order valence-electron chi connectivity index (χ3n) is 4.75. The molecule has 4 rings (SSSR count). The number of sulfone groups is 1. The Bertz CT molecular complexity index is 1270. The number of carbonyl (C=O) groups excluding carboxylic acids is 1. The summed E-state index contributed by atoms with van der Waals surface area (Å²) in [5.41, 5.74) is 2.40. The average Bonchev–Trinajstić information content (AvgIpc) is 2.78. The van der Waals surface area contributed by atoms with E-state index in [-0.39, 0.29) is 17.3 Å². The van der Waals surface area contributed by atoms with E-state index in [2.05, 4.69) is 15.4 Å². The van der Waals surface area contributed by atoms with Crippen molar-refractivity contribution in [1.82, 2.24) is 10.3 Å². The number of hydrogen-bond acceptors (Lipinski definition) is 7. The van der Waals surface area contributed by atoms with Crippen LogP contribution in [0.25, 0.3) is 0 Å². The fourth-order valence-corrected chi connectivity index (χ4v) is 4.47. The zero-order valence-corrected chi connectivity index (χ0v) is 17.8. The molecule has 2 aromatic carbocycles. The van der Waals surface area contributed by atoms with Gasteiger partial charge in [0.05, 0.1) is 12.8 Å². The molecule has 0 saturated carbocycles. The number of fused-ring (bicyclic) bond motifs is 1. The van der Waals surface area contributed by atoms with E-state index in [1.807, 2.05) is 19.1 Å². The van der Waals surface area contributed by atoms with Crippen molar-refractivity contribution in [1.29, 1.82) is 0 Å². The van der Waals surface area contributed by atoms with E-state index in [0.29, 0.717) is 11.4 Å². The summed E-state index contributed by atoms with van der Waals surface area (Å²) in [6.07, 6.45) is 1.49. The lowest BCUT2D eigenvalue weighted by Crippen LogP contribution is -2.40. The zero-order chi connectivity index (χ0) is 22.0. The number of anilines is 2. The molecule has 9 heteroatoms. The molecule has 158 valence electrons. The van der Waals surface area contributed by atoms with Crippen LogP contribution in [0.4, 0.5) is 11.5 Å². The van der Waals surface area contributed by atoms with Crippen LogP contribution in [0.15, 0.2) is 76.9 Å². The van der Waals surface area contributed by atoms with Gasteiger partial charge in [-0.2, -0.15) is 0 Å². The van der Waals surface area contributed by atoms with Crippen molar-refractivity contribution in [3.8, 4) is 5.75 Å². The summed E-state index contributed by atoms with van der Waals surface area (Å²) in [6, 6.07) is 17.4. The van der Waals surface area contributed by atoms with Gasteiger partial charge in [0.15, 0.2) is 5.82 Å². The van der Waals surface area contributed by atoms with Gasteiger partial charge in [0, 0.05) is 12.7 Å². The van der Waals surface area contributed by atoms with E-state index in [9.17, 15) is 13.2 Å². The Morgan fingerprint density at radius 1 is 1.10 bits per heavy atom. The molecule has 0 spiro atoms. The molecule has 1 aliphatic rings. The molecule has 31 heavy (non-hydrogen) atoms. The highest BCUT2D eigenvalue weighted by molar-refractivity contribution is 8.08. The quantitative estimate of drug-likeness (QED) is 0.660. The molecule has 0 atom stereocenters. The molecule has 3 aromatic rings. The number of amides is 1. The number of hydrazone groups is 1. The smallest absolute Gasteiger partial charge is 0.284 e. The summed E-state index contributed by atoms with van der Waals surface area (Å²) in [5.74, 6) is -0.00920. The molecule has 1 aliphatic heterocycles. The van der Waals surface area contributed by atoms with Crippen LogP contribution >= 0.6 is 0 Å². The second-order valence-corrected chi connectivity index (χ2v) is 8.75. The topological polar surface area (TPSA) is 101 Å². The van der Waals surface area contributed by atoms with Crippen molar-refractivity contribution in [2.75, 3.05) is 12.1 Å². The Labute approximate surface area is 180 Å². The molecule has 8 nitrogen and oxygen atoms in total. The van der Waals surface area contributed by atoms with Crippen LogP contribution in [0.5, 0.6) is 5.75 Å². The maximum Gasteiger partial charge on any atom is 0.284 e. The molecule has 1 aromatic heterocycles. The summed E-state index contributed by atoms with van der Waals surface area (Å²) >= 11 is 0. The number of rotatable bonds is 5. The van der Waals surface area contributed by atoms with Crippen molar-refractivity contribution in [3.63, 3.8) is 0 Å². The molecule has 0 saturated heterocycles. The number of nitrogens with one attached hydrogen (secondary N) is 1. The SMILES string of the molecule is COc1cccc(CNC(=O)C2=NN(c3ccc(C)cc3)c3ncccc3S2(=O)=O)c1. The lowest BCUT2D eigenvalue weighted by molar-refractivity contribution is -0.114. The number of nitrogens with zero attached hydrogens (tertiary/aromatic N) is 3. The number of pyridine rings is 1. The minimum Gasteiger partial charge on any atom is -0.497 e. The highest BCUT2D eigenvalue weighted by Crippen LogP contribution is 2.35. The van der Waals surface area contributed by atoms with E-state index in [0.717, 1.165) is 11.1 Å². The number of aryl methyl sites for hydroxylation is 1. The van der Waals surface area contributed by atoms with Crippen LogP contribution < -0.4 is 15.1 Å². The first-order chi connectivity index (χ1) is 14.9. The van der Waals surface area contributed by atoms with Crippen molar-refractivity contribution in [2.24, 2.45) is 5.10 Å². The summed E-state index contributed by atoms with van der Waals surface area (Å²) in [6.45, 7) is 2.06. The second-order valence-electron chi connectivity index (χ2n) is 6.92. The lowest BCUT2D eigenvalue weighted by atomic mass is 10.2. The molecule has 0 radical (unpaired) electrons. The van der Waals surface area contributed by atoms with Gasteiger partial charge in [-0.15, -0.1) is 5.10 Å². The third-order valence-corrected chi connectivity index (χ3v) is 6.42. The van der Waals surface area contributed by atoms with Gasteiger partial charge in [0.2, 0.25) is 14.9 Å². The number of aromatic nitrogens is 1. The van der Waals surface area contributed by atoms with Crippen LogP contribution in [-0.2, 0) is 21.2 Å². The minimum absolute atomic E-state index is 0.0721. The second kappa shape index (κ2) is 8.19. The molecule has 1 N–H and O–H groups in total. The number of hydrogen-bond donors (Lipinski definition) is 1. The molecule has 0 unspecified atom stereocenters. The summed E-state index contributed by atoms with van der Waals surface area (Å²) in [7, 11) is -2.59. The van der Waals surface area contributed by atoms with Crippen LogP contribution in [0.3, 0.4) is 0 Å². The fourth-order valence-electron chi connectivity index (χ4n) is 3.12. The van der Waals surface area contributed by atoms with Gasteiger partial charge in [0.25, 0.3) is 5.91 Å². The van der Waals surface area contributed by atoms with Crippen molar-refractivity contribution >= 4 is 32.3 Å². The molecule has 0 aliphatic carbocycles. The molecule has 0 fully saturated rings. The van der Waals surface area contributed by atoms with Gasteiger partial charge < -0.3 is 10.1 Å². The van der Waals surface area contributed by atoms with Gasteiger partial charge in [0.1, 0.15) is 10.6 Å². The van der Waals surface area contributed by atoms with E-state index >= 15 is 0 Å². The fraction of sp³-hybridized carbons (Fsp3) is 0.136. The Kier molecular flexibility index (Phi) is 5.43. The van der Waals surface area contributed by atoms with Crippen LogP contribution in [-0.4, -0.2) is 31.5 Å². The maximum atomic E-state index is 13.1. The first-order valence-electron chi connectivity index (χ1n) is 9.47. The Morgan fingerprint density at radius 2 is 1.87 bits per heavy atom. The van der Waals surface area contributed by atoms with Gasteiger partial charge in [-0.3, -0.25) is 4.79 Å². The van der Waals surface area contributed by atoms with E-state index in [1.54, 1.807) is 43.5 Å². The van der Waals surface area contributed by atoms with Crippen LogP contribution in [0.1, 0.15) is 11.1 Å². The molecule has 2 heterocycles. The largest absolute Gasteiger partial charge is 0.497 e. The minimum atomic E-state index is -4.14. The number of carbonyl (C=O) groups is 1. The average molecular weight is 436 g/mol. The van der Waals surface area contributed by atoms with E-state index in [1.165, 1.54) is 23.3 Å². The Morgan fingerprint density at radius 3 is 2.61 bits per heavy atom.